The van der Waals surface area contributed by atoms with Crippen LogP contribution in [0.25, 0.3) is 0 Å². The van der Waals surface area contributed by atoms with Crippen LogP contribution in [0.15, 0.2) is 18.2 Å². The van der Waals surface area contributed by atoms with Gasteiger partial charge in [-0.15, -0.1) is 0 Å². The van der Waals surface area contributed by atoms with Crippen molar-refractivity contribution in [1.29, 1.82) is 0 Å². The highest BCUT2D eigenvalue weighted by molar-refractivity contribution is 5.99. The van der Waals surface area contributed by atoms with Crippen LogP contribution in [0.3, 0.4) is 0 Å². The maximum Gasteiger partial charge on any atom is 0.326 e. The number of nitrogens with two attached hydrogens (primary N) is 1. The minimum Gasteiger partial charge on any atom is -0.480 e. The molecule has 1 aromatic rings. The van der Waals surface area contributed by atoms with Crippen molar-refractivity contribution < 1.29 is 19.8 Å². The molecule has 1 aromatic carbocycles. The monoisotopic (exact) mass is 264 g/mol. The van der Waals surface area contributed by atoms with Crippen molar-refractivity contribution in [3.8, 4) is 0 Å². The van der Waals surface area contributed by atoms with Crippen LogP contribution in [0.2, 0.25) is 0 Å². The van der Waals surface area contributed by atoms with Gasteiger partial charge < -0.3 is 20.8 Å². The molecule has 4 N–H and O–H groups in total. The zero-order valence-electron chi connectivity index (χ0n) is 10.5. The van der Waals surface area contributed by atoms with Crippen LogP contribution in [0.5, 0.6) is 0 Å². The number of hydrogen-bond donors (Lipinski definition) is 3. The number of anilines is 1. The normalized spacial score (nSPS) is 22.5. The minimum atomic E-state index is -1.11. The molecule has 0 saturated carbocycles. The van der Waals surface area contributed by atoms with Gasteiger partial charge in [-0.25, -0.2) is 4.79 Å². The molecule has 1 amide bonds. The van der Waals surface area contributed by atoms with Crippen molar-refractivity contribution >= 4 is 17.6 Å². The number of carbonyl (C=O) groups is 2. The lowest BCUT2D eigenvalue weighted by atomic mass is 10.1. The third-order valence-corrected chi connectivity index (χ3v) is 3.43. The first-order valence-electron chi connectivity index (χ1n) is 5.98. The summed E-state index contributed by atoms with van der Waals surface area (Å²) in [6, 6.07) is 3.96. The van der Waals surface area contributed by atoms with Gasteiger partial charge in [-0.3, -0.25) is 4.79 Å². The molecule has 6 heteroatoms. The highest BCUT2D eigenvalue weighted by Gasteiger charge is 2.39. The fourth-order valence-corrected chi connectivity index (χ4v) is 2.31. The highest BCUT2D eigenvalue weighted by Crippen LogP contribution is 2.24. The smallest absolute Gasteiger partial charge is 0.326 e. The highest BCUT2D eigenvalue weighted by atomic mass is 16.4. The third kappa shape index (κ3) is 2.39. The Labute approximate surface area is 110 Å². The van der Waals surface area contributed by atoms with Crippen LogP contribution in [-0.2, 0) is 4.79 Å². The molecule has 6 nitrogen and oxygen atoms in total. The van der Waals surface area contributed by atoms with E-state index in [1.807, 2.05) is 0 Å². The Kier molecular flexibility index (Phi) is 3.44. The first kappa shape index (κ1) is 13.4. The summed E-state index contributed by atoms with van der Waals surface area (Å²) >= 11 is 0. The molecule has 1 unspecified atom stereocenters. The van der Waals surface area contributed by atoms with Gasteiger partial charge in [-0.05, 0) is 24.6 Å². The second-order valence-corrected chi connectivity index (χ2v) is 4.72. The average molecular weight is 264 g/mol. The first-order chi connectivity index (χ1) is 8.91. The number of nitrogen functional groups attached to an aromatic ring is 1. The van der Waals surface area contributed by atoms with Crippen LogP contribution < -0.4 is 5.73 Å². The van der Waals surface area contributed by atoms with Crippen molar-refractivity contribution in [3.63, 3.8) is 0 Å². The molecule has 102 valence electrons. The maximum absolute atomic E-state index is 12.4. The molecule has 0 aliphatic carbocycles. The summed E-state index contributed by atoms with van der Waals surface area (Å²) < 4.78 is 0. The topological polar surface area (TPSA) is 104 Å². The Morgan fingerprint density at radius 3 is 2.74 bits per heavy atom. The van der Waals surface area contributed by atoms with Crippen LogP contribution in [0.4, 0.5) is 5.69 Å². The number of aliphatic hydroxyl groups is 1. The van der Waals surface area contributed by atoms with Crippen molar-refractivity contribution in [3.05, 3.63) is 29.3 Å². The Morgan fingerprint density at radius 2 is 2.11 bits per heavy atom. The predicted molar refractivity (Wildman–Crippen MR) is 68.7 cm³/mol. The number of benzene rings is 1. The number of hydrogen-bond acceptors (Lipinski definition) is 4. The Hall–Kier alpha value is -2.08. The minimum absolute atomic E-state index is 0.0318. The molecule has 19 heavy (non-hydrogen) atoms. The van der Waals surface area contributed by atoms with Crippen molar-refractivity contribution in [2.45, 2.75) is 25.5 Å². The van der Waals surface area contributed by atoms with E-state index < -0.39 is 24.0 Å². The number of aliphatic hydroxyl groups excluding tert-OH is 1. The number of carboxylic acids is 1. The van der Waals surface area contributed by atoms with E-state index in [-0.39, 0.29) is 13.0 Å². The molecule has 1 aliphatic heterocycles. The van der Waals surface area contributed by atoms with Crippen LogP contribution in [0.1, 0.15) is 22.3 Å². The lowest BCUT2D eigenvalue weighted by Gasteiger charge is -2.22. The molecule has 1 heterocycles. The van der Waals surface area contributed by atoms with Gasteiger partial charge in [-0.1, -0.05) is 6.07 Å². The number of rotatable bonds is 2. The van der Waals surface area contributed by atoms with Crippen LogP contribution >= 0.6 is 0 Å². The molecule has 1 saturated heterocycles. The molecule has 0 aromatic heterocycles. The van der Waals surface area contributed by atoms with Crippen molar-refractivity contribution in [1.82, 2.24) is 4.90 Å². The molecule has 2 atom stereocenters. The second-order valence-electron chi connectivity index (χ2n) is 4.72. The fraction of sp³-hybridized carbons (Fsp3) is 0.385. The molecule has 0 bridgehead atoms. The van der Waals surface area contributed by atoms with Gasteiger partial charge in [0, 0.05) is 24.2 Å². The molecule has 0 spiro atoms. The summed E-state index contributed by atoms with van der Waals surface area (Å²) in [6.45, 7) is 1.74. The fourth-order valence-electron chi connectivity index (χ4n) is 2.31. The number of nitrogens with zero attached hydrogens (tertiary/aromatic N) is 1. The molecule has 2 rings (SSSR count). The zero-order valence-corrected chi connectivity index (χ0v) is 10.5. The average Bonchev–Trinajstić information content (AvgIpc) is 2.74. The lowest BCUT2D eigenvalue weighted by Crippen LogP contribution is -2.40. The number of β-amino-alcohol motifs (C(OH)–C–C–N with tert-alkyl or cyclic N) is 1. The van der Waals surface area contributed by atoms with E-state index in [1.54, 1.807) is 25.1 Å². The standard InChI is InChI=1S/C13H16N2O4/c1-7-9(3-2-4-10(7)14)12(17)15-6-8(16)5-11(15)13(18)19/h2-4,8,11,16H,5-6,14H2,1H3,(H,18,19)/t8?,11-/m0/s1. The van der Waals surface area contributed by atoms with Crippen molar-refractivity contribution in [2.75, 3.05) is 12.3 Å². The number of carboxylic acid groups (broad SMARTS) is 1. The maximum atomic E-state index is 12.4. The summed E-state index contributed by atoms with van der Waals surface area (Å²) in [5, 5.41) is 18.6. The van der Waals surface area contributed by atoms with E-state index in [9.17, 15) is 14.7 Å². The van der Waals surface area contributed by atoms with Gasteiger partial charge in [0.2, 0.25) is 0 Å². The lowest BCUT2D eigenvalue weighted by molar-refractivity contribution is -0.141. The summed E-state index contributed by atoms with van der Waals surface area (Å²) in [5.41, 5.74) is 7.22. The van der Waals surface area contributed by atoms with Gasteiger partial charge in [0.05, 0.1) is 6.10 Å². The van der Waals surface area contributed by atoms with E-state index >= 15 is 0 Å². The summed E-state index contributed by atoms with van der Waals surface area (Å²) in [5.74, 6) is -1.51. The largest absolute Gasteiger partial charge is 0.480 e. The summed E-state index contributed by atoms with van der Waals surface area (Å²) in [7, 11) is 0. The second kappa shape index (κ2) is 4.89. The van der Waals surface area contributed by atoms with E-state index in [2.05, 4.69) is 0 Å². The van der Waals surface area contributed by atoms with Gasteiger partial charge in [0.1, 0.15) is 6.04 Å². The van der Waals surface area contributed by atoms with Gasteiger partial charge in [-0.2, -0.15) is 0 Å². The summed E-state index contributed by atoms with van der Waals surface area (Å²) in [4.78, 5) is 24.7. The molecule has 1 aliphatic rings. The zero-order chi connectivity index (χ0) is 14.2. The van der Waals surface area contributed by atoms with E-state index in [1.165, 1.54) is 4.90 Å². The Balaban J connectivity index is 2.33. The van der Waals surface area contributed by atoms with Gasteiger partial charge >= 0.3 is 5.97 Å². The first-order valence-corrected chi connectivity index (χ1v) is 5.98. The van der Waals surface area contributed by atoms with E-state index in [0.29, 0.717) is 16.8 Å². The van der Waals surface area contributed by atoms with Crippen LogP contribution in [0, 0.1) is 6.92 Å². The van der Waals surface area contributed by atoms with E-state index in [4.69, 9.17) is 10.8 Å². The SMILES string of the molecule is Cc1c(N)cccc1C(=O)N1CC(O)C[C@H]1C(=O)O. The number of carbonyl (C=O) groups excluding carboxylic acids is 1. The quantitative estimate of drug-likeness (QED) is 0.664. The molecule has 0 radical (unpaired) electrons. The Bertz CT molecular complexity index is 529. The van der Waals surface area contributed by atoms with Crippen LogP contribution in [-0.4, -0.2) is 45.7 Å². The van der Waals surface area contributed by atoms with Gasteiger partial charge in [0.25, 0.3) is 5.91 Å². The number of likely N-dealkylation sites (tertiary alicyclic amines) is 1. The molecule has 1 fully saturated rings. The summed E-state index contributed by atoms with van der Waals surface area (Å²) in [6.07, 6.45) is -0.742. The number of amides is 1. The van der Waals surface area contributed by atoms with E-state index in [0.717, 1.165) is 0 Å². The van der Waals surface area contributed by atoms with Crippen molar-refractivity contribution in [2.24, 2.45) is 0 Å². The molecular weight excluding hydrogens is 248 g/mol. The predicted octanol–water partition coefficient (Wildman–Crippen LogP) is 0.237. The van der Waals surface area contributed by atoms with Gasteiger partial charge in [0.15, 0.2) is 0 Å². The number of aliphatic carboxylic acids is 1. The Morgan fingerprint density at radius 1 is 1.42 bits per heavy atom. The third-order valence-electron chi connectivity index (χ3n) is 3.43. The molecular formula is C13H16N2O4.